The van der Waals surface area contributed by atoms with Crippen molar-refractivity contribution in [3.63, 3.8) is 0 Å². The number of ether oxygens (including phenoxy) is 2. The van der Waals surface area contributed by atoms with Gasteiger partial charge in [0.25, 0.3) is 0 Å². The molecule has 1 unspecified atom stereocenters. The van der Waals surface area contributed by atoms with Gasteiger partial charge in [-0.1, -0.05) is 13.0 Å². The third-order valence-electron chi connectivity index (χ3n) is 1.99. The molecule has 1 rings (SSSR count). The fourth-order valence-corrected chi connectivity index (χ4v) is 1.13. The van der Waals surface area contributed by atoms with E-state index in [0.717, 1.165) is 0 Å². The van der Waals surface area contributed by atoms with E-state index in [1.165, 1.54) is 0 Å². The lowest BCUT2D eigenvalue weighted by atomic mass is 10.1. The first-order valence-electron chi connectivity index (χ1n) is 3.99. The van der Waals surface area contributed by atoms with Crippen molar-refractivity contribution in [1.29, 1.82) is 0 Å². The Morgan fingerprint density at radius 2 is 2.27 bits per heavy atom. The highest BCUT2D eigenvalue weighted by Crippen LogP contribution is 2.26. The fourth-order valence-electron chi connectivity index (χ4n) is 1.13. The maximum atomic E-state index is 5.61. The highest BCUT2D eigenvalue weighted by Gasteiger charge is 2.34. The molecule has 0 radical (unpaired) electrons. The van der Waals surface area contributed by atoms with Gasteiger partial charge < -0.3 is 9.47 Å². The average Bonchev–Trinajstić information content (AvgIpc) is 2.29. The quantitative estimate of drug-likeness (QED) is 0.569. The summed E-state index contributed by atoms with van der Waals surface area (Å²) in [6.45, 7) is 10.4. The number of hydrogen-bond donors (Lipinski definition) is 0. The molecule has 2 nitrogen and oxygen atoms in total. The Balaban J connectivity index is 2.47. The van der Waals surface area contributed by atoms with Gasteiger partial charge in [-0.05, 0) is 13.8 Å². The first kappa shape index (κ1) is 8.75. The standard InChI is InChI=1S/C9H16O2/c1-5-7(2)8-6-10-9(3,4)11-8/h5,7-8H,1,6H2,2-4H3/t7?,8-/m1/s1. The second-order valence-electron chi connectivity index (χ2n) is 3.46. The van der Waals surface area contributed by atoms with E-state index in [1.807, 2.05) is 19.9 Å². The van der Waals surface area contributed by atoms with Crippen LogP contribution in [0.1, 0.15) is 20.8 Å². The Bertz CT molecular complexity index is 152. The van der Waals surface area contributed by atoms with Crippen molar-refractivity contribution >= 4 is 0 Å². The molecule has 1 saturated heterocycles. The van der Waals surface area contributed by atoms with Crippen LogP contribution >= 0.6 is 0 Å². The second kappa shape index (κ2) is 2.95. The van der Waals surface area contributed by atoms with Crippen LogP contribution in [0.5, 0.6) is 0 Å². The van der Waals surface area contributed by atoms with Gasteiger partial charge in [-0.15, -0.1) is 6.58 Å². The van der Waals surface area contributed by atoms with Crippen LogP contribution in [-0.2, 0) is 9.47 Å². The van der Waals surface area contributed by atoms with Crippen LogP contribution in [0.25, 0.3) is 0 Å². The van der Waals surface area contributed by atoms with Gasteiger partial charge in [0.1, 0.15) is 0 Å². The largest absolute Gasteiger partial charge is 0.348 e. The summed E-state index contributed by atoms with van der Waals surface area (Å²) in [6.07, 6.45) is 2.08. The van der Waals surface area contributed by atoms with Crippen LogP contribution < -0.4 is 0 Å². The zero-order valence-corrected chi connectivity index (χ0v) is 7.46. The number of hydrogen-bond acceptors (Lipinski definition) is 2. The van der Waals surface area contributed by atoms with Gasteiger partial charge in [-0.25, -0.2) is 0 Å². The van der Waals surface area contributed by atoms with Crippen molar-refractivity contribution in [3.8, 4) is 0 Å². The molecule has 0 aromatic rings. The van der Waals surface area contributed by atoms with Crippen molar-refractivity contribution in [2.24, 2.45) is 5.92 Å². The molecule has 0 bridgehead atoms. The summed E-state index contributed by atoms with van der Waals surface area (Å²) in [4.78, 5) is 0. The number of rotatable bonds is 2. The average molecular weight is 156 g/mol. The summed E-state index contributed by atoms with van der Waals surface area (Å²) >= 11 is 0. The molecule has 1 heterocycles. The first-order chi connectivity index (χ1) is 5.05. The highest BCUT2D eigenvalue weighted by atomic mass is 16.7. The summed E-state index contributed by atoms with van der Waals surface area (Å²) in [5.74, 6) is -0.0288. The summed E-state index contributed by atoms with van der Waals surface area (Å²) < 4.78 is 11.0. The van der Waals surface area contributed by atoms with E-state index in [0.29, 0.717) is 12.5 Å². The van der Waals surface area contributed by atoms with E-state index in [1.54, 1.807) is 0 Å². The van der Waals surface area contributed by atoms with Crippen molar-refractivity contribution in [3.05, 3.63) is 12.7 Å². The molecular weight excluding hydrogens is 140 g/mol. The molecule has 1 aliphatic rings. The minimum Gasteiger partial charge on any atom is -0.348 e. The molecule has 0 aromatic heterocycles. The zero-order valence-electron chi connectivity index (χ0n) is 7.46. The molecule has 2 heteroatoms. The van der Waals surface area contributed by atoms with Gasteiger partial charge in [-0.3, -0.25) is 0 Å². The minimum absolute atomic E-state index is 0.183. The maximum absolute atomic E-state index is 5.61. The Morgan fingerprint density at radius 3 is 2.64 bits per heavy atom. The normalized spacial score (nSPS) is 31.7. The first-order valence-corrected chi connectivity index (χ1v) is 3.99. The molecule has 1 aliphatic heterocycles. The maximum Gasteiger partial charge on any atom is 0.163 e. The van der Waals surface area contributed by atoms with E-state index in [2.05, 4.69) is 13.5 Å². The second-order valence-corrected chi connectivity index (χ2v) is 3.46. The van der Waals surface area contributed by atoms with Crippen LogP contribution in [0.15, 0.2) is 12.7 Å². The van der Waals surface area contributed by atoms with Gasteiger partial charge >= 0.3 is 0 Å². The Labute approximate surface area is 68.2 Å². The molecule has 0 saturated carbocycles. The summed E-state index contributed by atoms with van der Waals surface area (Å²) in [7, 11) is 0. The predicted octanol–water partition coefficient (Wildman–Crippen LogP) is 1.96. The molecular formula is C9H16O2. The van der Waals surface area contributed by atoms with Crippen LogP contribution in [-0.4, -0.2) is 18.5 Å². The molecule has 64 valence electrons. The van der Waals surface area contributed by atoms with E-state index in [4.69, 9.17) is 9.47 Å². The molecule has 0 amide bonds. The van der Waals surface area contributed by atoms with Crippen LogP contribution in [0.2, 0.25) is 0 Å². The van der Waals surface area contributed by atoms with Crippen molar-refractivity contribution < 1.29 is 9.47 Å². The van der Waals surface area contributed by atoms with Gasteiger partial charge in [0.15, 0.2) is 5.79 Å². The lowest BCUT2D eigenvalue weighted by molar-refractivity contribution is -0.141. The highest BCUT2D eigenvalue weighted by molar-refractivity contribution is 4.85. The molecule has 0 aromatic carbocycles. The lowest BCUT2D eigenvalue weighted by Gasteiger charge is -2.18. The molecule has 2 atom stereocenters. The van der Waals surface area contributed by atoms with Crippen molar-refractivity contribution in [2.45, 2.75) is 32.7 Å². The summed E-state index contributed by atoms with van der Waals surface area (Å²) in [5.41, 5.74) is 0. The minimum atomic E-state index is -0.401. The Kier molecular flexibility index (Phi) is 2.35. The molecule has 0 spiro atoms. The van der Waals surface area contributed by atoms with E-state index >= 15 is 0 Å². The van der Waals surface area contributed by atoms with Gasteiger partial charge in [0.05, 0.1) is 12.7 Å². The third kappa shape index (κ3) is 2.04. The van der Waals surface area contributed by atoms with E-state index in [9.17, 15) is 0 Å². The van der Waals surface area contributed by atoms with E-state index < -0.39 is 5.79 Å². The predicted molar refractivity (Wildman–Crippen MR) is 44.3 cm³/mol. The van der Waals surface area contributed by atoms with Gasteiger partial charge in [0.2, 0.25) is 0 Å². The third-order valence-corrected chi connectivity index (χ3v) is 1.99. The summed E-state index contributed by atoms with van der Waals surface area (Å²) in [6, 6.07) is 0. The fraction of sp³-hybridized carbons (Fsp3) is 0.778. The molecule has 0 aliphatic carbocycles. The molecule has 0 N–H and O–H groups in total. The smallest absolute Gasteiger partial charge is 0.163 e. The lowest BCUT2D eigenvalue weighted by Crippen LogP contribution is -2.24. The molecule has 11 heavy (non-hydrogen) atoms. The van der Waals surface area contributed by atoms with Crippen LogP contribution in [0, 0.1) is 5.92 Å². The van der Waals surface area contributed by atoms with Crippen LogP contribution in [0.4, 0.5) is 0 Å². The van der Waals surface area contributed by atoms with Crippen molar-refractivity contribution in [2.75, 3.05) is 6.61 Å². The monoisotopic (exact) mass is 156 g/mol. The van der Waals surface area contributed by atoms with Crippen molar-refractivity contribution in [1.82, 2.24) is 0 Å². The Hall–Kier alpha value is -0.340. The molecule has 1 fully saturated rings. The van der Waals surface area contributed by atoms with Crippen LogP contribution in [0.3, 0.4) is 0 Å². The SMILES string of the molecule is C=CC(C)[C@H]1COC(C)(C)O1. The van der Waals surface area contributed by atoms with E-state index in [-0.39, 0.29) is 6.10 Å². The summed E-state index contributed by atoms with van der Waals surface area (Å²) in [5, 5.41) is 0. The van der Waals surface area contributed by atoms with Gasteiger partial charge in [-0.2, -0.15) is 0 Å². The zero-order chi connectivity index (χ0) is 8.48. The Morgan fingerprint density at radius 1 is 1.64 bits per heavy atom. The topological polar surface area (TPSA) is 18.5 Å². The van der Waals surface area contributed by atoms with Gasteiger partial charge in [0, 0.05) is 5.92 Å².